The van der Waals surface area contributed by atoms with Crippen LogP contribution in [-0.4, -0.2) is 36.1 Å². The fraction of sp³-hybridized carbons (Fsp3) is 0.196. The first-order valence-electron chi connectivity index (χ1n) is 20.4. The van der Waals surface area contributed by atoms with Gasteiger partial charge in [0.1, 0.15) is 0 Å². The van der Waals surface area contributed by atoms with Gasteiger partial charge >= 0.3 is 217 Å². The van der Waals surface area contributed by atoms with Crippen molar-refractivity contribution in [2.45, 2.75) is 59.7 Å². The van der Waals surface area contributed by atoms with Crippen molar-refractivity contribution in [2.75, 3.05) is 0 Å². The molecule has 0 aliphatic carbocycles. The Balaban J connectivity index is 1.17. The second-order valence-electron chi connectivity index (χ2n) is 18.3. The standard InChI is InChI=1S/C51H51Ge2N2O2P/c1-51(2,3)38-27-30-54-50(33-38)55-48-26-22-36(37-21-25-46-47(32-37)53(6,7)29-28-52(46,4)5)31-45(48)44-24-23-40(35-49(44)55)57-39-15-14-20-43(34-39)58(56,41-16-10-8-11-17-41)42-18-12-9-13-19-42/h8-27,30-35H,28-29H2,1-7H3. The van der Waals surface area contributed by atoms with Crippen molar-refractivity contribution >= 4 is 80.2 Å². The Kier molecular flexibility index (Phi) is 9.78. The third-order valence-electron chi connectivity index (χ3n) is 12.4. The number of pyridine rings is 1. The summed E-state index contributed by atoms with van der Waals surface area (Å²) in [6.07, 6.45) is 1.93. The molecule has 1 aliphatic rings. The van der Waals surface area contributed by atoms with Crippen LogP contribution in [0.4, 0.5) is 0 Å². The molecule has 2 aromatic heterocycles. The summed E-state index contributed by atoms with van der Waals surface area (Å²) < 4.78 is 27.6. The van der Waals surface area contributed by atoms with Crippen molar-refractivity contribution in [3.8, 4) is 28.4 Å². The zero-order valence-corrected chi connectivity index (χ0v) is 39.7. The van der Waals surface area contributed by atoms with Crippen molar-refractivity contribution in [3.63, 3.8) is 0 Å². The van der Waals surface area contributed by atoms with Gasteiger partial charge in [-0.1, -0.05) is 93.6 Å². The van der Waals surface area contributed by atoms with Crippen molar-refractivity contribution in [1.29, 1.82) is 0 Å². The van der Waals surface area contributed by atoms with Gasteiger partial charge < -0.3 is 4.57 Å². The summed E-state index contributed by atoms with van der Waals surface area (Å²) in [5, 5.41) is 7.56. The maximum atomic E-state index is 15.2. The Morgan fingerprint density at radius 2 is 1.19 bits per heavy atom. The number of rotatable bonds is 7. The van der Waals surface area contributed by atoms with Gasteiger partial charge in [-0.05, 0) is 12.1 Å². The molecule has 0 saturated heterocycles. The van der Waals surface area contributed by atoms with Crippen molar-refractivity contribution in [2.24, 2.45) is 0 Å². The first kappa shape index (κ1) is 38.9. The van der Waals surface area contributed by atoms with Crippen LogP contribution in [0.1, 0.15) is 26.3 Å². The summed E-state index contributed by atoms with van der Waals surface area (Å²) >= 11 is -4.09. The topological polar surface area (TPSA) is 44.1 Å². The maximum absolute atomic E-state index is 15.2. The molecule has 0 fully saturated rings. The normalized spacial score (nSPS) is 15.0. The molecule has 0 amide bonds. The number of hydrogen-bond acceptors (Lipinski definition) is 3. The Labute approximate surface area is 348 Å². The third-order valence-corrected chi connectivity index (χ3v) is 33.0. The summed E-state index contributed by atoms with van der Waals surface area (Å²) in [7, 11) is -3.17. The summed E-state index contributed by atoms with van der Waals surface area (Å²) in [5.41, 5.74) is 5.88. The average Bonchev–Trinajstić information content (AvgIpc) is 3.55. The number of fused-ring (bicyclic) bond motifs is 4. The van der Waals surface area contributed by atoms with Gasteiger partial charge in [-0.15, -0.1) is 0 Å². The van der Waals surface area contributed by atoms with Crippen LogP contribution in [0.25, 0.3) is 38.8 Å². The van der Waals surface area contributed by atoms with E-state index in [1.54, 1.807) is 8.79 Å². The molecule has 0 N–H and O–H groups in total. The van der Waals surface area contributed by atoms with Crippen LogP contribution in [0, 0.1) is 0 Å². The van der Waals surface area contributed by atoms with Crippen LogP contribution < -0.4 is 29.4 Å². The van der Waals surface area contributed by atoms with Crippen LogP contribution in [0.2, 0.25) is 33.5 Å². The number of aromatic nitrogens is 2. The van der Waals surface area contributed by atoms with E-state index in [4.69, 9.17) is 9.72 Å². The predicted octanol–water partition coefficient (Wildman–Crippen LogP) is 11.4. The van der Waals surface area contributed by atoms with Crippen molar-refractivity contribution in [1.82, 2.24) is 9.55 Å². The quantitative estimate of drug-likeness (QED) is 0.118. The van der Waals surface area contributed by atoms with Crippen molar-refractivity contribution in [3.05, 3.63) is 163 Å². The van der Waals surface area contributed by atoms with Crippen LogP contribution >= 0.6 is 7.14 Å². The molecule has 0 radical (unpaired) electrons. The van der Waals surface area contributed by atoms with E-state index in [2.05, 4.69) is 115 Å². The van der Waals surface area contributed by atoms with Crippen LogP contribution in [0.15, 0.2) is 158 Å². The third kappa shape index (κ3) is 6.91. The van der Waals surface area contributed by atoms with E-state index < -0.39 is 33.7 Å². The summed E-state index contributed by atoms with van der Waals surface area (Å²) in [6.45, 7) is 6.73. The van der Waals surface area contributed by atoms with Gasteiger partial charge in [0.2, 0.25) is 0 Å². The number of ether oxygens (including phenoxy) is 1. The summed E-state index contributed by atoms with van der Waals surface area (Å²) in [6, 6.07) is 52.5. The minimum atomic E-state index is -3.17. The molecule has 0 bridgehead atoms. The second-order valence-corrected chi connectivity index (χ2v) is 41.2. The number of benzene rings is 6. The Bertz CT molecular complexity index is 2850. The molecule has 3 heterocycles. The second kappa shape index (κ2) is 14.6. The van der Waals surface area contributed by atoms with Gasteiger partial charge in [-0.3, -0.25) is 0 Å². The zero-order valence-electron chi connectivity index (χ0n) is 34.6. The molecule has 0 unspecified atom stereocenters. The van der Waals surface area contributed by atoms with Crippen LogP contribution in [0.3, 0.4) is 0 Å². The monoisotopic (exact) mass is 902 g/mol. The first-order valence-corrected chi connectivity index (χ1v) is 35.6. The Morgan fingerprint density at radius 1 is 0.569 bits per heavy atom. The molecule has 6 aromatic carbocycles. The number of nitrogens with zero attached hydrogens (tertiary/aromatic N) is 2. The molecule has 8 aromatic rings. The van der Waals surface area contributed by atoms with E-state index in [1.165, 1.54) is 32.6 Å². The summed E-state index contributed by atoms with van der Waals surface area (Å²) in [5.74, 6) is 12.6. The van der Waals surface area contributed by atoms with Crippen molar-refractivity contribution < 1.29 is 9.30 Å². The molecular weight excluding hydrogens is 849 g/mol. The Morgan fingerprint density at radius 3 is 1.88 bits per heavy atom. The average molecular weight is 900 g/mol. The Hall–Kier alpha value is -4.61. The van der Waals surface area contributed by atoms with Gasteiger partial charge in [0.15, 0.2) is 7.14 Å². The molecule has 290 valence electrons. The van der Waals surface area contributed by atoms with Crippen LogP contribution in [0.5, 0.6) is 11.5 Å². The van der Waals surface area contributed by atoms with E-state index in [0.717, 1.165) is 38.2 Å². The molecular formula is C51H51Ge2N2O2P. The molecule has 1 aliphatic heterocycles. The van der Waals surface area contributed by atoms with Gasteiger partial charge in [-0.2, -0.15) is 0 Å². The summed E-state index contributed by atoms with van der Waals surface area (Å²) in [4.78, 5) is 4.97. The van der Waals surface area contributed by atoms with E-state index in [-0.39, 0.29) is 5.41 Å². The van der Waals surface area contributed by atoms with Gasteiger partial charge in [0.25, 0.3) is 0 Å². The fourth-order valence-electron chi connectivity index (χ4n) is 8.87. The van der Waals surface area contributed by atoms with Gasteiger partial charge in [0.05, 0.1) is 0 Å². The van der Waals surface area contributed by atoms with E-state index in [9.17, 15) is 0 Å². The molecule has 58 heavy (non-hydrogen) atoms. The SMILES string of the molecule is CC(C)(C)c1ccnc(-n2c3ccc(-c4cc[c]5[c](c4)[Ge]([CH3])([CH3])[CH2][CH2][Ge]5([CH3])[CH3])cc3c3ccc(Oc4cccc(P(=O)(c5ccccc5)c5ccccc5)c4)cc32)c1. The molecule has 7 heteroatoms. The molecule has 4 nitrogen and oxygen atoms in total. The van der Waals surface area contributed by atoms with E-state index >= 15 is 4.57 Å². The minimum absolute atomic E-state index is 0.0367. The molecule has 9 rings (SSSR count). The molecule has 0 spiro atoms. The molecule has 0 saturated carbocycles. The van der Waals surface area contributed by atoms with Crippen LogP contribution in [-0.2, 0) is 9.98 Å². The predicted molar refractivity (Wildman–Crippen MR) is 252 cm³/mol. The number of hydrogen-bond donors (Lipinski definition) is 0. The van der Waals surface area contributed by atoms with E-state index in [0.29, 0.717) is 11.5 Å². The fourth-order valence-corrected chi connectivity index (χ4v) is 42.0. The first-order chi connectivity index (χ1) is 27.7. The van der Waals surface area contributed by atoms with Gasteiger partial charge in [-0.25, -0.2) is 0 Å². The van der Waals surface area contributed by atoms with Gasteiger partial charge in [0, 0.05) is 15.9 Å². The van der Waals surface area contributed by atoms with E-state index in [1.807, 2.05) is 91.1 Å². The molecule has 0 atom stereocenters. The zero-order chi connectivity index (χ0) is 40.5.